The smallest absolute Gasteiger partial charge is 0.188 e. The van der Waals surface area contributed by atoms with Gasteiger partial charge in [0.25, 0.3) is 0 Å². The lowest BCUT2D eigenvalue weighted by atomic mass is 10.1. The number of nitrogens with two attached hydrogens (primary N) is 1. The monoisotopic (exact) mass is 243 g/mol. The number of benzene rings is 1. The van der Waals surface area contributed by atoms with Gasteiger partial charge in [0.05, 0.1) is 5.69 Å². The maximum atomic E-state index is 5.63. The lowest BCUT2D eigenvalue weighted by Gasteiger charge is -2.05. The summed E-state index contributed by atoms with van der Waals surface area (Å²) < 4.78 is 1.80. The standard InChI is InChI=1S/C13H17N5/c1-15-13(14)16-8-11-9-18(2)17-12(11)10-6-4-3-5-7-10/h3-7,9H,8H2,1-2H3,(H3,14,15,16). The zero-order valence-electron chi connectivity index (χ0n) is 10.6. The zero-order chi connectivity index (χ0) is 13.0. The Balaban J connectivity index is 2.26. The molecule has 0 saturated carbocycles. The van der Waals surface area contributed by atoms with Crippen LogP contribution in [0, 0.1) is 0 Å². The van der Waals surface area contributed by atoms with E-state index in [9.17, 15) is 0 Å². The van der Waals surface area contributed by atoms with E-state index in [4.69, 9.17) is 5.73 Å². The molecule has 5 nitrogen and oxygen atoms in total. The molecule has 1 heterocycles. The highest BCUT2D eigenvalue weighted by molar-refractivity contribution is 5.77. The summed E-state index contributed by atoms with van der Waals surface area (Å²) in [7, 11) is 3.57. The zero-order valence-corrected chi connectivity index (χ0v) is 10.6. The van der Waals surface area contributed by atoms with Crippen LogP contribution in [0.3, 0.4) is 0 Å². The number of aliphatic imine (C=N–C) groups is 1. The number of aromatic nitrogens is 2. The molecule has 1 aromatic carbocycles. The number of hydrogen-bond donors (Lipinski definition) is 2. The minimum absolute atomic E-state index is 0.429. The molecule has 0 saturated heterocycles. The van der Waals surface area contributed by atoms with Crippen molar-refractivity contribution in [1.82, 2.24) is 15.1 Å². The van der Waals surface area contributed by atoms with Crippen molar-refractivity contribution in [3.8, 4) is 11.3 Å². The minimum Gasteiger partial charge on any atom is -0.370 e. The highest BCUT2D eigenvalue weighted by Crippen LogP contribution is 2.21. The number of rotatable bonds is 3. The van der Waals surface area contributed by atoms with Gasteiger partial charge in [-0.3, -0.25) is 9.67 Å². The van der Waals surface area contributed by atoms with E-state index in [2.05, 4.69) is 15.4 Å². The Bertz CT molecular complexity index is 542. The van der Waals surface area contributed by atoms with E-state index in [1.165, 1.54) is 0 Å². The van der Waals surface area contributed by atoms with E-state index in [1.807, 2.05) is 43.6 Å². The fourth-order valence-corrected chi connectivity index (χ4v) is 1.77. The summed E-state index contributed by atoms with van der Waals surface area (Å²) in [5.41, 5.74) is 8.79. The molecule has 18 heavy (non-hydrogen) atoms. The quantitative estimate of drug-likeness (QED) is 0.627. The van der Waals surface area contributed by atoms with Crippen LogP contribution < -0.4 is 11.1 Å². The second-order valence-corrected chi connectivity index (χ2v) is 4.01. The second kappa shape index (κ2) is 5.35. The fraction of sp³-hybridized carbons (Fsp3) is 0.231. The van der Waals surface area contributed by atoms with E-state index in [-0.39, 0.29) is 0 Å². The van der Waals surface area contributed by atoms with Crippen LogP contribution in [0.4, 0.5) is 0 Å². The first kappa shape index (κ1) is 12.2. The average molecular weight is 243 g/mol. The predicted molar refractivity (Wildman–Crippen MR) is 73.0 cm³/mol. The summed E-state index contributed by atoms with van der Waals surface area (Å²) in [6, 6.07) is 10.1. The highest BCUT2D eigenvalue weighted by Gasteiger charge is 2.09. The fourth-order valence-electron chi connectivity index (χ4n) is 1.77. The summed E-state index contributed by atoms with van der Waals surface area (Å²) in [6.07, 6.45) is 1.98. The molecule has 0 aliphatic heterocycles. The average Bonchev–Trinajstić information content (AvgIpc) is 2.78. The van der Waals surface area contributed by atoms with Gasteiger partial charge in [0.2, 0.25) is 0 Å². The number of nitrogens with one attached hydrogen (secondary N) is 1. The van der Waals surface area contributed by atoms with Crippen LogP contribution in [-0.4, -0.2) is 22.8 Å². The molecule has 1 aromatic heterocycles. The number of aryl methyl sites for hydroxylation is 1. The van der Waals surface area contributed by atoms with Gasteiger partial charge in [-0.1, -0.05) is 30.3 Å². The Hall–Kier alpha value is -2.30. The normalized spacial score (nSPS) is 11.6. The molecule has 0 aliphatic carbocycles. The van der Waals surface area contributed by atoms with E-state index in [1.54, 1.807) is 11.7 Å². The maximum absolute atomic E-state index is 5.63. The molecule has 0 fully saturated rings. The second-order valence-electron chi connectivity index (χ2n) is 4.01. The molecule has 0 spiro atoms. The minimum atomic E-state index is 0.429. The molecule has 0 aliphatic rings. The van der Waals surface area contributed by atoms with Gasteiger partial charge in [0.15, 0.2) is 5.96 Å². The van der Waals surface area contributed by atoms with Gasteiger partial charge < -0.3 is 11.1 Å². The highest BCUT2D eigenvalue weighted by atomic mass is 15.3. The van der Waals surface area contributed by atoms with E-state index in [0.717, 1.165) is 16.8 Å². The van der Waals surface area contributed by atoms with Crippen LogP contribution >= 0.6 is 0 Å². The van der Waals surface area contributed by atoms with Crippen LogP contribution in [0.2, 0.25) is 0 Å². The van der Waals surface area contributed by atoms with E-state index >= 15 is 0 Å². The van der Waals surface area contributed by atoms with Crippen LogP contribution in [-0.2, 0) is 13.6 Å². The molecule has 2 rings (SSSR count). The first-order valence-corrected chi connectivity index (χ1v) is 5.74. The summed E-state index contributed by atoms with van der Waals surface area (Å²) in [5, 5.41) is 7.53. The van der Waals surface area contributed by atoms with E-state index in [0.29, 0.717) is 12.5 Å². The van der Waals surface area contributed by atoms with Crippen LogP contribution in [0.1, 0.15) is 5.56 Å². The van der Waals surface area contributed by atoms with Crippen molar-refractivity contribution in [3.63, 3.8) is 0 Å². The van der Waals surface area contributed by atoms with Crippen molar-refractivity contribution in [3.05, 3.63) is 42.1 Å². The molecule has 0 amide bonds. The van der Waals surface area contributed by atoms with Gasteiger partial charge >= 0.3 is 0 Å². The Labute approximate surface area is 106 Å². The third-order valence-corrected chi connectivity index (χ3v) is 2.65. The Morgan fingerprint density at radius 2 is 2.11 bits per heavy atom. The topological polar surface area (TPSA) is 68.2 Å². The van der Waals surface area contributed by atoms with Crippen molar-refractivity contribution in [2.24, 2.45) is 17.8 Å². The molecule has 0 unspecified atom stereocenters. The third kappa shape index (κ3) is 2.68. The van der Waals surface area contributed by atoms with Crippen LogP contribution in [0.5, 0.6) is 0 Å². The molecular formula is C13H17N5. The first-order chi connectivity index (χ1) is 8.70. The molecular weight excluding hydrogens is 226 g/mol. The molecule has 3 N–H and O–H groups in total. The summed E-state index contributed by atoms with van der Waals surface area (Å²) in [4.78, 5) is 3.87. The van der Waals surface area contributed by atoms with Gasteiger partial charge in [-0.2, -0.15) is 5.10 Å². The first-order valence-electron chi connectivity index (χ1n) is 5.74. The van der Waals surface area contributed by atoms with Crippen molar-refractivity contribution >= 4 is 5.96 Å². The summed E-state index contributed by atoms with van der Waals surface area (Å²) in [6.45, 7) is 0.612. The molecule has 5 heteroatoms. The largest absolute Gasteiger partial charge is 0.370 e. The van der Waals surface area contributed by atoms with E-state index < -0.39 is 0 Å². The molecule has 2 aromatic rings. The number of nitrogens with zero attached hydrogens (tertiary/aromatic N) is 3. The van der Waals surface area contributed by atoms with Gasteiger partial charge in [-0.05, 0) is 0 Å². The third-order valence-electron chi connectivity index (χ3n) is 2.65. The Morgan fingerprint density at radius 1 is 1.39 bits per heavy atom. The predicted octanol–water partition coefficient (Wildman–Crippen LogP) is 1.12. The maximum Gasteiger partial charge on any atom is 0.188 e. The summed E-state index contributed by atoms with van der Waals surface area (Å²) >= 11 is 0. The molecule has 94 valence electrons. The van der Waals surface area contributed by atoms with Crippen LogP contribution in [0.15, 0.2) is 41.5 Å². The SMILES string of the molecule is CN=C(N)NCc1cn(C)nc1-c1ccccc1. The molecule has 0 bridgehead atoms. The number of hydrogen-bond acceptors (Lipinski definition) is 2. The lowest BCUT2D eigenvalue weighted by Crippen LogP contribution is -2.30. The van der Waals surface area contributed by atoms with Gasteiger partial charge in [0, 0.05) is 38.0 Å². The Morgan fingerprint density at radius 3 is 2.78 bits per heavy atom. The molecule has 0 atom stereocenters. The van der Waals surface area contributed by atoms with Gasteiger partial charge in [0.1, 0.15) is 0 Å². The Kier molecular flexibility index (Phi) is 3.62. The van der Waals surface area contributed by atoms with Crippen molar-refractivity contribution < 1.29 is 0 Å². The van der Waals surface area contributed by atoms with Gasteiger partial charge in [-0.25, -0.2) is 0 Å². The van der Waals surface area contributed by atoms with Gasteiger partial charge in [-0.15, -0.1) is 0 Å². The molecule has 0 radical (unpaired) electrons. The summed E-state index contributed by atoms with van der Waals surface area (Å²) in [5.74, 6) is 0.429. The number of guanidine groups is 1. The lowest BCUT2D eigenvalue weighted by molar-refractivity contribution is 0.768. The van der Waals surface area contributed by atoms with Crippen molar-refractivity contribution in [2.75, 3.05) is 7.05 Å². The van der Waals surface area contributed by atoms with Crippen molar-refractivity contribution in [2.45, 2.75) is 6.54 Å². The van der Waals surface area contributed by atoms with Crippen LogP contribution in [0.25, 0.3) is 11.3 Å². The van der Waals surface area contributed by atoms with Crippen molar-refractivity contribution in [1.29, 1.82) is 0 Å².